The molecular formula is C17H20F6FeNP+. The summed E-state index contributed by atoms with van der Waals surface area (Å²) in [5.74, 6) is 0. The number of rotatable bonds is 5. The van der Waals surface area contributed by atoms with E-state index in [0.29, 0.717) is 0 Å². The second kappa shape index (κ2) is 11.0. The maximum absolute atomic E-state index is 10.7. The number of hydrogen-bond donors (Lipinski definition) is 0. The van der Waals surface area contributed by atoms with Crippen molar-refractivity contribution in [3.63, 3.8) is 0 Å². The first-order valence-corrected chi connectivity index (χ1v) is 9.11. The number of benzene rings is 1. The van der Waals surface area contributed by atoms with E-state index in [1.165, 1.54) is 5.69 Å². The summed E-state index contributed by atoms with van der Waals surface area (Å²) >= 11 is 0. The Morgan fingerprint density at radius 2 is 1.04 bits per heavy atom. The Morgan fingerprint density at radius 3 is 1.31 bits per heavy atom. The van der Waals surface area contributed by atoms with Crippen LogP contribution in [0.25, 0.3) is 0 Å². The van der Waals surface area contributed by atoms with Gasteiger partial charge in [0.2, 0.25) is 0 Å². The molecule has 1 aromatic rings. The van der Waals surface area contributed by atoms with Crippen molar-refractivity contribution in [1.82, 2.24) is 0 Å². The van der Waals surface area contributed by atoms with Crippen molar-refractivity contribution in [1.29, 1.82) is 0 Å². The van der Waals surface area contributed by atoms with Crippen LogP contribution in [-0.4, -0.2) is 13.1 Å². The molecule has 0 unspecified atom stereocenters. The van der Waals surface area contributed by atoms with E-state index >= 15 is 0 Å². The minimum absolute atomic E-state index is 0. The molecule has 0 spiro atoms. The van der Waals surface area contributed by atoms with Crippen LogP contribution < -0.4 is 4.90 Å². The molecule has 1 aliphatic rings. The Bertz CT molecular complexity index is 485. The number of para-hydroxylation sites is 1. The van der Waals surface area contributed by atoms with Crippen LogP contribution in [0.5, 0.6) is 0 Å². The predicted molar refractivity (Wildman–Crippen MR) is 94.1 cm³/mol. The molecule has 1 aromatic carbocycles. The molecule has 0 amide bonds. The first-order valence-electron chi connectivity index (χ1n) is 7.08. The van der Waals surface area contributed by atoms with Gasteiger partial charge in [-0.25, -0.2) is 0 Å². The average molecular weight is 439 g/mol. The molecule has 0 atom stereocenters. The van der Waals surface area contributed by atoms with Gasteiger partial charge in [0.15, 0.2) is 0 Å². The second-order valence-corrected chi connectivity index (χ2v) is 6.66. The zero-order valence-electron chi connectivity index (χ0n) is 13.8. The minimum atomic E-state index is -10.7. The van der Waals surface area contributed by atoms with E-state index < -0.39 is 7.81 Å². The molecule has 1 fully saturated rings. The van der Waals surface area contributed by atoms with Gasteiger partial charge in [0.25, 0.3) is 0 Å². The van der Waals surface area contributed by atoms with Gasteiger partial charge in [0.1, 0.15) is 0 Å². The van der Waals surface area contributed by atoms with E-state index in [0.717, 1.165) is 13.1 Å². The molecule has 0 aromatic heterocycles. The monoisotopic (exact) mass is 439 g/mol. The van der Waals surface area contributed by atoms with Crippen molar-refractivity contribution in [3.05, 3.63) is 87.7 Å². The first kappa shape index (κ1) is 27.3. The molecule has 26 heavy (non-hydrogen) atoms. The maximum Gasteiger partial charge on any atom is 2.00 e. The summed E-state index contributed by atoms with van der Waals surface area (Å²) in [5.41, 5.74) is 1.21. The summed E-state index contributed by atoms with van der Waals surface area (Å²) in [6, 6.07) is 10.3. The molecule has 0 N–H and O–H groups in total. The van der Waals surface area contributed by atoms with Crippen molar-refractivity contribution in [2.75, 3.05) is 18.0 Å². The summed E-state index contributed by atoms with van der Waals surface area (Å²) in [4.78, 5) is 2.21. The molecule has 1 aliphatic carbocycles. The molecule has 2 rings (SSSR count). The Labute approximate surface area is 161 Å². The van der Waals surface area contributed by atoms with Gasteiger partial charge in [-0.3, -0.25) is 0 Å². The van der Waals surface area contributed by atoms with Crippen molar-refractivity contribution in [2.24, 2.45) is 0 Å². The molecule has 1 saturated carbocycles. The number of anilines is 1. The molecular weight excluding hydrogens is 419 g/mol. The predicted octanol–water partition coefficient (Wildman–Crippen LogP) is 7.27. The summed E-state index contributed by atoms with van der Waals surface area (Å²) in [6.45, 7) is 9.18. The summed E-state index contributed by atoms with van der Waals surface area (Å²) in [5, 5.41) is 0. The van der Waals surface area contributed by atoms with Crippen LogP contribution in [-0.2, 0) is 17.1 Å². The minimum Gasteiger partial charge on any atom is -0.0312 e. The standard InChI is InChI=1S/C12H15N.C5H5.F6P.Fe/c1-3-10-13(11-4-2)12-8-6-5-7-9-12;1-2-4-5-3-1;1-7(2,3,4,5)6;/h3-9H,1-2,10-11H2;1-5H;;/q;;-1;+2. The van der Waals surface area contributed by atoms with E-state index in [1.807, 2.05) is 62.5 Å². The first-order chi connectivity index (χ1) is 11.3. The fourth-order valence-corrected chi connectivity index (χ4v) is 1.56. The van der Waals surface area contributed by atoms with Gasteiger partial charge in [-0.2, -0.15) is 0 Å². The largest absolute Gasteiger partial charge is 2.00 e. The van der Waals surface area contributed by atoms with E-state index in [2.05, 4.69) is 30.2 Å². The smallest absolute Gasteiger partial charge is 0.0312 e. The van der Waals surface area contributed by atoms with Crippen LogP contribution in [0.1, 0.15) is 0 Å². The Kier molecular flexibility index (Phi) is 11.5. The topological polar surface area (TPSA) is 3.24 Å². The van der Waals surface area contributed by atoms with Crippen LogP contribution in [0.3, 0.4) is 0 Å². The van der Waals surface area contributed by atoms with Gasteiger partial charge in [-0.05, 0) is 44.2 Å². The quantitative estimate of drug-likeness (QED) is 0.202. The molecule has 0 saturated heterocycles. The number of halogens is 6. The van der Waals surface area contributed by atoms with E-state index in [-0.39, 0.29) is 17.1 Å². The molecule has 0 heterocycles. The van der Waals surface area contributed by atoms with Crippen LogP contribution in [0, 0.1) is 32.1 Å². The molecule has 5 radical (unpaired) electrons. The van der Waals surface area contributed by atoms with Gasteiger partial charge < -0.3 is 4.90 Å². The van der Waals surface area contributed by atoms with E-state index in [9.17, 15) is 25.2 Å². The zero-order chi connectivity index (χ0) is 19.5. The van der Waals surface area contributed by atoms with Crippen LogP contribution >= 0.6 is 7.81 Å². The van der Waals surface area contributed by atoms with E-state index in [1.54, 1.807) is 0 Å². The van der Waals surface area contributed by atoms with Crippen LogP contribution in [0.4, 0.5) is 30.9 Å². The van der Waals surface area contributed by atoms with Crippen molar-refractivity contribution in [2.45, 2.75) is 0 Å². The van der Waals surface area contributed by atoms with Crippen LogP contribution in [0.2, 0.25) is 0 Å². The molecule has 9 heteroatoms. The maximum atomic E-state index is 9.87. The van der Waals surface area contributed by atoms with Crippen molar-refractivity contribution < 1.29 is 42.3 Å². The SMILES string of the molecule is C=CCN(CC=C)c1ccccc1.F[P-](F)(F)(F)(F)F.[CH]1[CH][CH][CH][CH]1.[Fe+2]. The van der Waals surface area contributed by atoms with Gasteiger partial charge in [0, 0.05) is 18.8 Å². The van der Waals surface area contributed by atoms with Gasteiger partial charge in [0.05, 0.1) is 0 Å². The number of nitrogens with zero attached hydrogens (tertiary/aromatic N) is 1. The second-order valence-electron chi connectivity index (χ2n) is 4.74. The summed E-state index contributed by atoms with van der Waals surface area (Å²) in [7, 11) is -10.7. The summed E-state index contributed by atoms with van der Waals surface area (Å²) < 4.78 is 59.2. The third-order valence-electron chi connectivity index (χ3n) is 2.38. The third kappa shape index (κ3) is 23.0. The van der Waals surface area contributed by atoms with Gasteiger partial charge in [-0.15, -0.1) is 13.2 Å². The summed E-state index contributed by atoms with van der Waals surface area (Å²) in [6.07, 6.45) is 13.8. The molecule has 0 bridgehead atoms. The number of hydrogen-bond acceptors (Lipinski definition) is 1. The molecule has 147 valence electrons. The van der Waals surface area contributed by atoms with Crippen LogP contribution in [0.15, 0.2) is 55.6 Å². The Hall–Kier alpha value is -0.971. The third-order valence-corrected chi connectivity index (χ3v) is 2.38. The zero-order valence-corrected chi connectivity index (χ0v) is 15.8. The Morgan fingerprint density at radius 1 is 0.731 bits per heavy atom. The molecule has 0 aliphatic heterocycles. The van der Waals surface area contributed by atoms with Gasteiger partial charge in [-0.1, -0.05) is 30.4 Å². The fourth-order valence-electron chi connectivity index (χ4n) is 1.56. The van der Waals surface area contributed by atoms with Crippen molar-refractivity contribution >= 4 is 13.5 Å². The molecule has 1 nitrogen and oxygen atoms in total. The van der Waals surface area contributed by atoms with E-state index in [4.69, 9.17) is 0 Å². The average Bonchev–Trinajstić information content (AvgIpc) is 3.04. The van der Waals surface area contributed by atoms with Gasteiger partial charge >= 0.3 is 50.1 Å². The Balaban J connectivity index is 0. The fraction of sp³-hybridized carbons (Fsp3) is 0.118. The normalized spacial score (nSPS) is 15.5. The van der Waals surface area contributed by atoms with Crippen molar-refractivity contribution in [3.8, 4) is 0 Å².